The number of aromatic hydroxyl groups is 1. The Bertz CT molecular complexity index is 355. The minimum Gasteiger partial charge on any atom is -0.508 e. The second kappa shape index (κ2) is 5.71. The number of benzene rings is 1. The molecule has 0 radical (unpaired) electrons. The van der Waals surface area contributed by atoms with E-state index in [9.17, 15) is 9.90 Å². The number of carbonyl (C=O) groups is 1. The van der Waals surface area contributed by atoms with Crippen molar-refractivity contribution in [2.75, 3.05) is 18.5 Å². The first-order valence-electron chi connectivity index (χ1n) is 6.03. The first-order chi connectivity index (χ1) is 8.06. The fraction of sp³-hybridized carbons (Fsp3) is 0.500. The minimum absolute atomic E-state index is 0.259. The monoisotopic (exact) mass is 235 g/mol. The molecule has 0 aromatic heterocycles. The topological polar surface area (TPSA) is 40.5 Å². The number of carbonyl (C=O) groups excluding carboxylic acids is 1. The molecule has 3 nitrogen and oxygen atoms in total. The van der Waals surface area contributed by atoms with Crippen molar-refractivity contribution in [1.82, 2.24) is 0 Å². The van der Waals surface area contributed by atoms with E-state index in [0.29, 0.717) is 6.54 Å². The van der Waals surface area contributed by atoms with E-state index < -0.39 is 0 Å². The third kappa shape index (κ3) is 3.22. The second-order valence-corrected chi connectivity index (χ2v) is 4.56. The van der Waals surface area contributed by atoms with Gasteiger partial charge in [-0.05, 0) is 37.1 Å². The van der Waals surface area contributed by atoms with Gasteiger partial charge in [0.25, 0.3) is 0 Å². The Labute approximate surface area is 103 Å². The van der Waals surface area contributed by atoms with Crippen LogP contribution in [0.4, 0.5) is 5.69 Å². The van der Waals surface area contributed by atoms with Gasteiger partial charge in [-0.2, -0.15) is 0 Å². The van der Waals surface area contributed by atoms with Crippen LogP contribution in [-0.4, -0.2) is 25.0 Å². The number of hydrogen-bond donors (Lipinski definition) is 1. The fourth-order valence-electron chi connectivity index (χ4n) is 1.95. The molecular weight excluding hydrogens is 214 g/mol. The molecule has 1 aromatic carbocycles. The van der Waals surface area contributed by atoms with E-state index in [0.717, 1.165) is 24.8 Å². The Morgan fingerprint density at radius 3 is 2.18 bits per heavy atom. The Kier molecular flexibility index (Phi) is 4.55. The van der Waals surface area contributed by atoms with Gasteiger partial charge in [-0.3, -0.25) is 0 Å². The summed E-state index contributed by atoms with van der Waals surface area (Å²) in [6.45, 7) is 4.79. The van der Waals surface area contributed by atoms with E-state index in [1.165, 1.54) is 0 Å². The van der Waals surface area contributed by atoms with Gasteiger partial charge in [0.15, 0.2) is 0 Å². The molecule has 0 aliphatic carbocycles. The van der Waals surface area contributed by atoms with Crippen molar-refractivity contribution in [3.63, 3.8) is 0 Å². The van der Waals surface area contributed by atoms with Crippen molar-refractivity contribution < 1.29 is 9.90 Å². The zero-order valence-corrected chi connectivity index (χ0v) is 10.8. The van der Waals surface area contributed by atoms with E-state index in [1.807, 2.05) is 33.0 Å². The van der Waals surface area contributed by atoms with Gasteiger partial charge in [0.1, 0.15) is 12.0 Å². The van der Waals surface area contributed by atoms with Crippen molar-refractivity contribution in [3.8, 4) is 5.75 Å². The van der Waals surface area contributed by atoms with Crippen LogP contribution in [0.25, 0.3) is 0 Å². The predicted octanol–water partition coefficient (Wildman–Crippen LogP) is 2.83. The molecule has 0 amide bonds. The molecule has 0 spiro atoms. The number of nitrogens with zero attached hydrogens (tertiary/aromatic N) is 1. The van der Waals surface area contributed by atoms with Gasteiger partial charge in [0.05, 0.1) is 0 Å². The van der Waals surface area contributed by atoms with Crippen LogP contribution in [0.3, 0.4) is 0 Å². The first-order valence-corrected chi connectivity index (χ1v) is 6.03. The number of rotatable bonds is 6. The Morgan fingerprint density at radius 1 is 1.24 bits per heavy atom. The quantitative estimate of drug-likeness (QED) is 0.771. The van der Waals surface area contributed by atoms with E-state index in [2.05, 4.69) is 4.90 Å². The smallest absolute Gasteiger partial charge is 0.127 e. The van der Waals surface area contributed by atoms with E-state index in [4.69, 9.17) is 0 Å². The van der Waals surface area contributed by atoms with E-state index >= 15 is 0 Å². The summed E-state index contributed by atoms with van der Waals surface area (Å²) in [6.07, 6.45) is 2.76. The highest BCUT2D eigenvalue weighted by molar-refractivity contribution is 5.61. The van der Waals surface area contributed by atoms with Gasteiger partial charge in [0, 0.05) is 24.7 Å². The lowest BCUT2D eigenvalue weighted by Crippen LogP contribution is -2.36. The number of phenolic OH excluding ortho intramolecular Hbond substituents is 1. The third-order valence-corrected chi connectivity index (χ3v) is 3.50. The number of phenols is 1. The number of anilines is 1. The van der Waals surface area contributed by atoms with Gasteiger partial charge in [-0.15, -0.1) is 0 Å². The lowest BCUT2D eigenvalue weighted by molar-refractivity contribution is -0.116. The van der Waals surface area contributed by atoms with E-state index in [-0.39, 0.29) is 11.2 Å². The van der Waals surface area contributed by atoms with Crippen LogP contribution >= 0.6 is 0 Å². The summed E-state index contributed by atoms with van der Waals surface area (Å²) in [4.78, 5) is 13.3. The maximum absolute atomic E-state index is 11.2. The van der Waals surface area contributed by atoms with E-state index in [1.54, 1.807) is 12.1 Å². The zero-order chi connectivity index (χ0) is 12.9. The first kappa shape index (κ1) is 13.6. The number of aldehydes is 1. The maximum Gasteiger partial charge on any atom is 0.127 e. The Balaban J connectivity index is 2.80. The van der Waals surface area contributed by atoms with Crippen LogP contribution in [0.1, 0.15) is 26.7 Å². The average molecular weight is 235 g/mol. The normalized spacial score (nSPS) is 11.2. The molecule has 0 saturated heterocycles. The van der Waals surface area contributed by atoms with Crippen molar-refractivity contribution in [3.05, 3.63) is 24.3 Å². The van der Waals surface area contributed by atoms with Crippen LogP contribution in [0.15, 0.2) is 24.3 Å². The fourth-order valence-corrected chi connectivity index (χ4v) is 1.95. The molecule has 0 aliphatic heterocycles. The summed E-state index contributed by atoms with van der Waals surface area (Å²) in [7, 11) is 1.97. The molecule has 0 fully saturated rings. The maximum atomic E-state index is 11.2. The molecule has 0 unspecified atom stereocenters. The van der Waals surface area contributed by atoms with Gasteiger partial charge in [-0.1, -0.05) is 13.8 Å². The molecular formula is C14H21NO2. The summed E-state index contributed by atoms with van der Waals surface area (Å²) in [5.41, 5.74) is 0.739. The van der Waals surface area contributed by atoms with Gasteiger partial charge in [-0.25, -0.2) is 0 Å². The molecule has 0 bridgehead atoms. The lowest BCUT2D eigenvalue weighted by Gasteiger charge is -2.31. The van der Waals surface area contributed by atoms with Crippen molar-refractivity contribution in [1.29, 1.82) is 0 Å². The molecule has 1 rings (SSSR count). The summed E-state index contributed by atoms with van der Waals surface area (Å²) in [6, 6.07) is 7.03. The molecule has 94 valence electrons. The highest BCUT2D eigenvalue weighted by Gasteiger charge is 2.27. The average Bonchev–Trinajstić information content (AvgIpc) is 2.37. The second-order valence-electron chi connectivity index (χ2n) is 4.56. The molecule has 1 N–H and O–H groups in total. The van der Waals surface area contributed by atoms with Crippen LogP contribution in [-0.2, 0) is 4.79 Å². The molecule has 0 saturated carbocycles. The summed E-state index contributed by atoms with van der Waals surface area (Å²) < 4.78 is 0. The van der Waals surface area contributed by atoms with Crippen LogP contribution in [0, 0.1) is 5.41 Å². The summed E-state index contributed by atoms with van der Waals surface area (Å²) >= 11 is 0. The molecule has 17 heavy (non-hydrogen) atoms. The molecule has 3 heteroatoms. The molecule has 0 heterocycles. The standard InChI is InChI=1S/C14H21NO2/c1-4-14(5-2,11-16)10-15(3)12-6-8-13(17)9-7-12/h6-9,11,17H,4-5,10H2,1-3H3. The Morgan fingerprint density at radius 2 is 1.76 bits per heavy atom. The summed E-state index contributed by atoms with van der Waals surface area (Å²) in [5, 5.41) is 9.23. The summed E-state index contributed by atoms with van der Waals surface area (Å²) in [5.74, 6) is 0.259. The van der Waals surface area contributed by atoms with Crippen LogP contribution in [0.2, 0.25) is 0 Å². The predicted molar refractivity (Wildman–Crippen MR) is 70.5 cm³/mol. The van der Waals surface area contributed by atoms with Crippen molar-refractivity contribution in [2.45, 2.75) is 26.7 Å². The van der Waals surface area contributed by atoms with Crippen molar-refractivity contribution >= 4 is 12.0 Å². The molecule has 0 aliphatic rings. The van der Waals surface area contributed by atoms with Gasteiger partial charge < -0.3 is 14.8 Å². The Hall–Kier alpha value is -1.51. The van der Waals surface area contributed by atoms with Gasteiger partial charge >= 0.3 is 0 Å². The van der Waals surface area contributed by atoms with Gasteiger partial charge in [0.2, 0.25) is 0 Å². The minimum atomic E-state index is -0.271. The largest absolute Gasteiger partial charge is 0.508 e. The lowest BCUT2D eigenvalue weighted by atomic mass is 9.83. The van der Waals surface area contributed by atoms with Crippen LogP contribution in [0.5, 0.6) is 5.75 Å². The molecule has 0 atom stereocenters. The van der Waals surface area contributed by atoms with Crippen molar-refractivity contribution in [2.24, 2.45) is 5.41 Å². The highest BCUT2D eigenvalue weighted by Crippen LogP contribution is 2.27. The highest BCUT2D eigenvalue weighted by atomic mass is 16.3. The zero-order valence-electron chi connectivity index (χ0n) is 10.8. The molecule has 1 aromatic rings. The van der Waals surface area contributed by atoms with Crippen LogP contribution < -0.4 is 4.90 Å². The SMILES string of the molecule is CCC(C=O)(CC)CN(C)c1ccc(O)cc1. The third-order valence-electron chi connectivity index (χ3n) is 3.50. The number of hydrogen-bond acceptors (Lipinski definition) is 3.